The van der Waals surface area contributed by atoms with Gasteiger partial charge in [0.1, 0.15) is 11.5 Å². The summed E-state index contributed by atoms with van der Waals surface area (Å²) < 4.78 is 16.1. The molecule has 1 aliphatic heterocycles. The molecule has 0 spiro atoms. The lowest BCUT2D eigenvalue weighted by molar-refractivity contribution is -0.136. The summed E-state index contributed by atoms with van der Waals surface area (Å²) in [5, 5.41) is 3.99. The Morgan fingerprint density at radius 3 is 2.39 bits per heavy atom. The number of hydrogen-bond donors (Lipinski definition) is 1. The first kappa shape index (κ1) is 22.9. The predicted octanol–water partition coefficient (Wildman–Crippen LogP) is 4.89. The van der Waals surface area contributed by atoms with Crippen LogP contribution < -0.4 is 14.8 Å². The van der Waals surface area contributed by atoms with Crippen molar-refractivity contribution in [3.63, 3.8) is 0 Å². The van der Waals surface area contributed by atoms with Crippen molar-refractivity contribution in [1.82, 2.24) is 5.32 Å². The van der Waals surface area contributed by atoms with E-state index in [1.54, 1.807) is 26.4 Å². The topological polar surface area (TPSA) is 73.9 Å². The quantitative estimate of drug-likeness (QED) is 0.631. The summed E-state index contributed by atoms with van der Waals surface area (Å²) in [5.74, 6) is 0.0782. The van der Waals surface area contributed by atoms with Crippen LogP contribution in [0.2, 0.25) is 5.02 Å². The molecule has 0 aromatic heterocycles. The van der Waals surface area contributed by atoms with Crippen LogP contribution in [0.5, 0.6) is 11.5 Å². The monoisotopic (exact) mass is 467 g/mol. The standard InChI is InChI=1S/C26H26ClNO5/c1-14-23(26(30)33-4)24(19-10-9-18(31-2)13-22(19)32-3)25-20(28-14)11-16(12-21(25)29)15-5-7-17(27)8-6-15/h5-10,13,16,24,28H,11-12H2,1-4H3/t16-,24+/m1/s1. The third-order valence-corrected chi connectivity index (χ3v) is 6.58. The maximum atomic E-state index is 13.6. The molecule has 1 aliphatic carbocycles. The van der Waals surface area contributed by atoms with Gasteiger partial charge in [-0.25, -0.2) is 4.79 Å². The van der Waals surface area contributed by atoms with Gasteiger partial charge < -0.3 is 19.5 Å². The van der Waals surface area contributed by atoms with E-state index >= 15 is 0 Å². The summed E-state index contributed by atoms with van der Waals surface area (Å²) in [6.07, 6.45) is 0.980. The smallest absolute Gasteiger partial charge is 0.336 e. The van der Waals surface area contributed by atoms with Gasteiger partial charge in [0.05, 0.1) is 32.8 Å². The van der Waals surface area contributed by atoms with E-state index in [4.69, 9.17) is 25.8 Å². The first-order valence-electron chi connectivity index (χ1n) is 10.7. The highest BCUT2D eigenvalue weighted by Crippen LogP contribution is 2.48. The van der Waals surface area contributed by atoms with Gasteiger partial charge in [-0.3, -0.25) is 4.79 Å². The Morgan fingerprint density at radius 2 is 1.76 bits per heavy atom. The summed E-state index contributed by atoms with van der Waals surface area (Å²) >= 11 is 6.05. The number of rotatable bonds is 5. The maximum Gasteiger partial charge on any atom is 0.336 e. The first-order chi connectivity index (χ1) is 15.9. The number of carbonyl (C=O) groups excluding carboxylic acids is 2. The van der Waals surface area contributed by atoms with Crippen molar-refractivity contribution in [3.8, 4) is 11.5 Å². The number of dihydropyridines is 1. The average Bonchev–Trinajstić information content (AvgIpc) is 2.82. The molecule has 0 saturated heterocycles. The van der Waals surface area contributed by atoms with E-state index in [1.807, 2.05) is 37.3 Å². The molecular weight excluding hydrogens is 442 g/mol. The van der Waals surface area contributed by atoms with Crippen molar-refractivity contribution < 1.29 is 23.8 Å². The van der Waals surface area contributed by atoms with Crippen molar-refractivity contribution in [2.75, 3.05) is 21.3 Å². The molecule has 0 radical (unpaired) electrons. The van der Waals surface area contributed by atoms with Crippen LogP contribution in [0.15, 0.2) is 65.0 Å². The highest BCUT2D eigenvalue weighted by molar-refractivity contribution is 6.30. The molecule has 0 fully saturated rings. The van der Waals surface area contributed by atoms with Gasteiger partial charge in [0.25, 0.3) is 0 Å². The van der Waals surface area contributed by atoms with Crippen molar-refractivity contribution >= 4 is 23.4 Å². The molecule has 2 aliphatic rings. The maximum absolute atomic E-state index is 13.6. The molecule has 172 valence electrons. The number of ether oxygens (including phenoxy) is 3. The van der Waals surface area contributed by atoms with Gasteiger partial charge in [0.2, 0.25) is 0 Å². The zero-order chi connectivity index (χ0) is 23.7. The molecule has 2 aromatic carbocycles. The van der Waals surface area contributed by atoms with E-state index in [0.29, 0.717) is 51.8 Å². The van der Waals surface area contributed by atoms with Gasteiger partial charge in [-0.2, -0.15) is 0 Å². The normalized spacial score (nSPS) is 20.2. The molecule has 0 amide bonds. The lowest BCUT2D eigenvalue weighted by Crippen LogP contribution is -2.36. The van der Waals surface area contributed by atoms with Crippen LogP contribution in [-0.2, 0) is 14.3 Å². The number of methoxy groups -OCH3 is 3. The molecule has 1 heterocycles. The molecule has 33 heavy (non-hydrogen) atoms. The van der Waals surface area contributed by atoms with E-state index in [2.05, 4.69) is 5.32 Å². The number of halogens is 1. The Morgan fingerprint density at radius 1 is 1.03 bits per heavy atom. The molecule has 4 rings (SSSR count). The SMILES string of the molecule is COC(=O)C1=C(C)NC2=C(C(=O)C[C@H](c3ccc(Cl)cc3)C2)[C@H]1c1ccc(OC)cc1OC. The number of nitrogens with one attached hydrogen (secondary N) is 1. The zero-order valence-electron chi connectivity index (χ0n) is 19.0. The fourth-order valence-electron chi connectivity index (χ4n) is 4.76. The Hall–Kier alpha value is -3.25. The number of benzene rings is 2. The Kier molecular flexibility index (Phi) is 6.47. The van der Waals surface area contributed by atoms with Gasteiger partial charge >= 0.3 is 5.97 Å². The van der Waals surface area contributed by atoms with Crippen molar-refractivity contribution in [1.29, 1.82) is 0 Å². The van der Waals surface area contributed by atoms with Crippen LogP contribution in [0.3, 0.4) is 0 Å². The molecule has 6 nitrogen and oxygen atoms in total. The largest absolute Gasteiger partial charge is 0.497 e. The summed E-state index contributed by atoms with van der Waals surface area (Å²) in [5.41, 5.74) is 4.23. The molecule has 1 N–H and O–H groups in total. The molecule has 2 atom stereocenters. The summed E-state index contributed by atoms with van der Waals surface area (Å²) in [6, 6.07) is 13.0. The van der Waals surface area contributed by atoms with E-state index < -0.39 is 11.9 Å². The van der Waals surface area contributed by atoms with E-state index in [0.717, 1.165) is 11.3 Å². The minimum Gasteiger partial charge on any atom is -0.497 e. The van der Waals surface area contributed by atoms with Gasteiger partial charge in [0, 0.05) is 40.0 Å². The molecule has 7 heteroatoms. The van der Waals surface area contributed by atoms with Crippen LogP contribution in [-0.4, -0.2) is 33.1 Å². The number of esters is 1. The minimum absolute atomic E-state index is 0.0134. The molecular formula is C26H26ClNO5. The van der Waals surface area contributed by atoms with E-state index in [1.165, 1.54) is 7.11 Å². The van der Waals surface area contributed by atoms with Gasteiger partial charge in [0.15, 0.2) is 5.78 Å². The summed E-state index contributed by atoms with van der Waals surface area (Å²) in [6.45, 7) is 1.83. The van der Waals surface area contributed by atoms with Crippen LogP contribution >= 0.6 is 11.6 Å². The van der Waals surface area contributed by atoms with Crippen molar-refractivity contribution in [3.05, 3.63) is 81.2 Å². The zero-order valence-corrected chi connectivity index (χ0v) is 19.8. The third kappa shape index (κ3) is 4.23. The van der Waals surface area contributed by atoms with Crippen molar-refractivity contribution in [2.24, 2.45) is 0 Å². The van der Waals surface area contributed by atoms with Crippen LogP contribution in [0.4, 0.5) is 0 Å². The molecule has 0 bridgehead atoms. The summed E-state index contributed by atoms with van der Waals surface area (Å²) in [7, 11) is 4.47. The predicted molar refractivity (Wildman–Crippen MR) is 126 cm³/mol. The van der Waals surface area contributed by atoms with Crippen LogP contribution in [0.1, 0.15) is 42.7 Å². The highest BCUT2D eigenvalue weighted by atomic mass is 35.5. The number of allylic oxidation sites excluding steroid dienone is 3. The highest BCUT2D eigenvalue weighted by Gasteiger charge is 2.42. The minimum atomic E-state index is -0.603. The Balaban J connectivity index is 1.84. The van der Waals surface area contributed by atoms with Gasteiger partial charge in [-0.15, -0.1) is 0 Å². The molecule has 0 saturated carbocycles. The number of hydrogen-bond acceptors (Lipinski definition) is 6. The van der Waals surface area contributed by atoms with E-state index in [-0.39, 0.29) is 11.7 Å². The van der Waals surface area contributed by atoms with Crippen LogP contribution in [0, 0.1) is 0 Å². The number of Topliss-reactive ketones (excluding diaryl/α,β-unsaturated/α-hetero) is 1. The average molecular weight is 468 g/mol. The van der Waals surface area contributed by atoms with Gasteiger partial charge in [-0.05, 0) is 43.0 Å². The second-order valence-corrected chi connectivity index (χ2v) is 8.60. The fourth-order valence-corrected chi connectivity index (χ4v) is 4.88. The molecule has 0 unspecified atom stereocenters. The Bertz CT molecular complexity index is 1170. The molecule has 2 aromatic rings. The second kappa shape index (κ2) is 9.32. The lowest BCUT2D eigenvalue weighted by atomic mass is 9.71. The van der Waals surface area contributed by atoms with Crippen molar-refractivity contribution in [2.45, 2.75) is 31.6 Å². The third-order valence-electron chi connectivity index (χ3n) is 6.33. The lowest BCUT2D eigenvalue weighted by Gasteiger charge is -2.37. The first-order valence-corrected chi connectivity index (χ1v) is 11.1. The summed E-state index contributed by atoms with van der Waals surface area (Å²) in [4.78, 5) is 26.4. The van der Waals surface area contributed by atoms with Crippen LogP contribution in [0.25, 0.3) is 0 Å². The van der Waals surface area contributed by atoms with Gasteiger partial charge in [-0.1, -0.05) is 29.8 Å². The number of ketones is 1. The Labute approximate surface area is 198 Å². The second-order valence-electron chi connectivity index (χ2n) is 8.17. The van der Waals surface area contributed by atoms with E-state index in [9.17, 15) is 9.59 Å². The number of carbonyl (C=O) groups is 2. The fraction of sp³-hybridized carbons (Fsp3) is 0.308.